The maximum atomic E-state index is 6.20. The molecule has 1 aromatic heterocycles. The Balaban J connectivity index is 1.96. The fourth-order valence-corrected chi connectivity index (χ4v) is 2.88. The van der Waals surface area contributed by atoms with E-state index in [2.05, 4.69) is 27.6 Å². The van der Waals surface area contributed by atoms with Crippen LogP contribution in [0.5, 0.6) is 0 Å². The van der Waals surface area contributed by atoms with Crippen LogP contribution in [0, 0.1) is 5.92 Å². The number of piperidine rings is 1. The monoisotopic (exact) mass is 316 g/mol. The molecule has 2 heterocycles. The van der Waals surface area contributed by atoms with Gasteiger partial charge in [0.25, 0.3) is 0 Å². The van der Waals surface area contributed by atoms with Crippen molar-refractivity contribution < 1.29 is 0 Å². The van der Waals surface area contributed by atoms with Crippen LogP contribution >= 0.6 is 23.2 Å². The summed E-state index contributed by atoms with van der Waals surface area (Å²) >= 11 is 12.3. The summed E-state index contributed by atoms with van der Waals surface area (Å²) in [6, 6.07) is 1.74. The molecule has 0 spiro atoms. The van der Waals surface area contributed by atoms with E-state index in [1.807, 2.05) is 6.92 Å². The van der Waals surface area contributed by atoms with Crippen molar-refractivity contribution in [2.75, 3.05) is 43.9 Å². The van der Waals surface area contributed by atoms with Gasteiger partial charge in [0.15, 0.2) is 0 Å². The molecule has 112 valence electrons. The van der Waals surface area contributed by atoms with Crippen LogP contribution in [0.4, 0.5) is 11.6 Å². The molecule has 4 nitrogen and oxygen atoms in total. The molecule has 2 N–H and O–H groups in total. The van der Waals surface area contributed by atoms with E-state index in [9.17, 15) is 0 Å². The van der Waals surface area contributed by atoms with Gasteiger partial charge in [0.05, 0.1) is 10.0 Å². The summed E-state index contributed by atoms with van der Waals surface area (Å²) in [4.78, 5) is 6.83. The van der Waals surface area contributed by atoms with E-state index in [0.717, 1.165) is 26.2 Å². The van der Waals surface area contributed by atoms with E-state index in [4.69, 9.17) is 23.2 Å². The summed E-state index contributed by atoms with van der Waals surface area (Å²) in [5, 5.41) is 7.63. The average molecular weight is 317 g/mol. The number of pyridine rings is 1. The second-order valence-electron chi connectivity index (χ2n) is 5.31. The fourth-order valence-electron chi connectivity index (χ4n) is 2.39. The first-order valence-electron chi connectivity index (χ1n) is 7.12. The minimum Gasteiger partial charge on any atom is -0.369 e. The van der Waals surface area contributed by atoms with E-state index >= 15 is 0 Å². The van der Waals surface area contributed by atoms with E-state index in [1.54, 1.807) is 6.07 Å². The molecule has 0 bridgehead atoms. The average Bonchev–Trinajstić information content (AvgIpc) is 2.42. The van der Waals surface area contributed by atoms with Gasteiger partial charge in [-0.05, 0) is 51.9 Å². The van der Waals surface area contributed by atoms with Gasteiger partial charge >= 0.3 is 0 Å². The van der Waals surface area contributed by atoms with Crippen molar-refractivity contribution in [2.45, 2.75) is 19.8 Å². The van der Waals surface area contributed by atoms with Gasteiger partial charge in [-0.1, -0.05) is 23.2 Å². The standard InChI is InChI=1S/C14H22Cl2N4/c1-3-17-13-11(15)8-12(16)14(19-13)18-9-10-4-6-20(2)7-5-10/h8,10H,3-7,9H2,1-2H3,(H2,17,18,19). The largest absolute Gasteiger partial charge is 0.369 e. The number of hydrogen-bond donors (Lipinski definition) is 2. The molecule has 6 heteroatoms. The fraction of sp³-hybridized carbons (Fsp3) is 0.643. The highest BCUT2D eigenvalue weighted by molar-refractivity contribution is 6.37. The number of nitrogens with zero attached hydrogens (tertiary/aromatic N) is 2. The van der Waals surface area contributed by atoms with Crippen molar-refractivity contribution >= 4 is 34.8 Å². The summed E-state index contributed by atoms with van der Waals surface area (Å²) in [5.41, 5.74) is 0. The normalized spacial score (nSPS) is 17.2. The predicted molar refractivity (Wildman–Crippen MR) is 87.1 cm³/mol. The molecule has 1 aliphatic heterocycles. The third-order valence-corrected chi connectivity index (χ3v) is 4.25. The maximum absolute atomic E-state index is 6.20. The molecule has 1 fully saturated rings. The molecule has 1 saturated heterocycles. The molecule has 0 aliphatic carbocycles. The first-order valence-corrected chi connectivity index (χ1v) is 7.88. The first kappa shape index (κ1) is 15.7. The predicted octanol–water partition coefficient (Wildman–Crippen LogP) is 3.57. The van der Waals surface area contributed by atoms with Gasteiger partial charge in [-0.3, -0.25) is 0 Å². The molecule has 0 saturated carbocycles. The summed E-state index contributed by atoms with van der Waals surface area (Å²) in [6.07, 6.45) is 2.43. The van der Waals surface area contributed by atoms with Crippen LogP contribution in [0.3, 0.4) is 0 Å². The van der Waals surface area contributed by atoms with Gasteiger partial charge in [-0.2, -0.15) is 0 Å². The number of likely N-dealkylation sites (tertiary alicyclic amines) is 1. The molecular formula is C14H22Cl2N4. The van der Waals surface area contributed by atoms with Crippen molar-refractivity contribution in [3.63, 3.8) is 0 Å². The van der Waals surface area contributed by atoms with Gasteiger partial charge in [0.2, 0.25) is 0 Å². The maximum Gasteiger partial charge on any atom is 0.147 e. The number of aromatic nitrogens is 1. The lowest BCUT2D eigenvalue weighted by Crippen LogP contribution is -2.33. The zero-order chi connectivity index (χ0) is 14.5. The van der Waals surface area contributed by atoms with Crippen LogP contribution in [-0.2, 0) is 0 Å². The first-order chi connectivity index (χ1) is 9.60. The van der Waals surface area contributed by atoms with Crippen LogP contribution < -0.4 is 10.6 Å². The van der Waals surface area contributed by atoms with Gasteiger partial charge in [0, 0.05) is 13.1 Å². The molecule has 2 rings (SSSR count). The van der Waals surface area contributed by atoms with Crippen molar-refractivity contribution in [2.24, 2.45) is 5.92 Å². The van der Waals surface area contributed by atoms with E-state index in [0.29, 0.717) is 27.6 Å². The SMILES string of the molecule is CCNc1nc(NCC2CCN(C)CC2)c(Cl)cc1Cl. The van der Waals surface area contributed by atoms with Gasteiger partial charge in [-0.25, -0.2) is 4.98 Å². The molecule has 0 unspecified atom stereocenters. The lowest BCUT2D eigenvalue weighted by atomic mass is 9.97. The number of anilines is 2. The van der Waals surface area contributed by atoms with E-state index < -0.39 is 0 Å². The Morgan fingerprint density at radius 1 is 1.20 bits per heavy atom. The Morgan fingerprint density at radius 2 is 1.80 bits per heavy atom. The quantitative estimate of drug-likeness (QED) is 0.871. The van der Waals surface area contributed by atoms with Crippen molar-refractivity contribution in [3.8, 4) is 0 Å². The van der Waals surface area contributed by atoms with Crippen LogP contribution in [0.1, 0.15) is 19.8 Å². The van der Waals surface area contributed by atoms with E-state index in [1.165, 1.54) is 12.8 Å². The third kappa shape index (κ3) is 4.14. The van der Waals surface area contributed by atoms with Gasteiger partial charge in [-0.15, -0.1) is 0 Å². The molecule has 1 aromatic rings. The summed E-state index contributed by atoms with van der Waals surface area (Å²) in [7, 11) is 2.17. The summed E-state index contributed by atoms with van der Waals surface area (Å²) in [5.74, 6) is 2.08. The van der Waals surface area contributed by atoms with E-state index in [-0.39, 0.29) is 0 Å². The van der Waals surface area contributed by atoms with Crippen LogP contribution in [0.2, 0.25) is 10.0 Å². The van der Waals surface area contributed by atoms with Crippen LogP contribution in [-0.4, -0.2) is 43.1 Å². The second kappa shape index (κ2) is 7.34. The lowest BCUT2D eigenvalue weighted by Gasteiger charge is -2.29. The van der Waals surface area contributed by atoms with Crippen molar-refractivity contribution in [1.29, 1.82) is 0 Å². The summed E-state index contributed by atoms with van der Waals surface area (Å²) in [6.45, 7) is 6.03. The number of hydrogen-bond acceptors (Lipinski definition) is 4. The molecule has 0 radical (unpaired) electrons. The molecular weight excluding hydrogens is 295 g/mol. The Labute approximate surface area is 130 Å². The highest BCUT2D eigenvalue weighted by atomic mass is 35.5. The Hall–Kier alpha value is -0.710. The number of halogens is 2. The molecule has 20 heavy (non-hydrogen) atoms. The second-order valence-corrected chi connectivity index (χ2v) is 6.12. The van der Waals surface area contributed by atoms with Crippen molar-refractivity contribution in [3.05, 3.63) is 16.1 Å². The summed E-state index contributed by atoms with van der Waals surface area (Å²) < 4.78 is 0. The van der Waals surface area contributed by atoms with Crippen LogP contribution in [0.25, 0.3) is 0 Å². The Kier molecular flexibility index (Phi) is 5.75. The Morgan fingerprint density at radius 3 is 2.40 bits per heavy atom. The highest BCUT2D eigenvalue weighted by Gasteiger charge is 2.17. The zero-order valence-electron chi connectivity index (χ0n) is 12.0. The van der Waals surface area contributed by atoms with Gasteiger partial charge in [0.1, 0.15) is 11.6 Å². The highest BCUT2D eigenvalue weighted by Crippen LogP contribution is 2.29. The molecule has 0 aromatic carbocycles. The number of nitrogens with one attached hydrogen (secondary N) is 2. The van der Waals surface area contributed by atoms with Gasteiger partial charge < -0.3 is 15.5 Å². The molecule has 1 aliphatic rings. The van der Waals surface area contributed by atoms with Crippen LogP contribution in [0.15, 0.2) is 6.07 Å². The minimum atomic E-state index is 0.557. The zero-order valence-corrected chi connectivity index (χ0v) is 13.6. The smallest absolute Gasteiger partial charge is 0.147 e. The molecule has 0 amide bonds. The third-order valence-electron chi connectivity index (χ3n) is 3.67. The molecule has 0 atom stereocenters. The topological polar surface area (TPSA) is 40.2 Å². The van der Waals surface area contributed by atoms with Crippen molar-refractivity contribution in [1.82, 2.24) is 9.88 Å². The lowest BCUT2D eigenvalue weighted by molar-refractivity contribution is 0.226. The number of rotatable bonds is 5. The minimum absolute atomic E-state index is 0.557. The Bertz CT molecular complexity index is 445.